The molecule has 0 saturated carbocycles. The van der Waals surface area contributed by atoms with Gasteiger partial charge in [-0.05, 0) is 41.8 Å². The number of nitrogens with one attached hydrogen (secondary N) is 2. The molecule has 0 radical (unpaired) electrons. The summed E-state index contributed by atoms with van der Waals surface area (Å²) in [6, 6.07) is 25.3. The van der Waals surface area contributed by atoms with Crippen LogP contribution in [0.25, 0.3) is 11.0 Å². The molecule has 0 bridgehead atoms. The number of benzene rings is 3. The molecule has 0 aliphatic carbocycles. The first-order valence-electron chi connectivity index (χ1n) is 9.62. The third kappa shape index (κ3) is 4.63. The summed E-state index contributed by atoms with van der Waals surface area (Å²) >= 11 is 0. The van der Waals surface area contributed by atoms with Crippen LogP contribution < -0.4 is 10.1 Å². The largest absolute Gasteiger partial charge is 0.497 e. The van der Waals surface area contributed by atoms with Gasteiger partial charge in [-0.1, -0.05) is 54.6 Å². The van der Waals surface area contributed by atoms with Gasteiger partial charge in [-0.3, -0.25) is 4.79 Å². The Bertz CT molecular complexity index is 1060. The molecule has 3 aromatic carbocycles. The Kier molecular flexibility index (Phi) is 5.56. The molecule has 1 amide bonds. The van der Waals surface area contributed by atoms with E-state index >= 15 is 0 Å². The highest BCUT2D eigenvalue weighted by Crippen LogP contribution is 2.20. The van der Waals surface area contributed by atoms with Crippen molar-refractivity contribution in [1.29, 1.82) is 0 Å². The van der Waals surface area contributed by atoms with E-state index in [1.807, 2.05) is 66.7 Å². The first kappa shape index (κ1) is 18.7. The number of para-hydroxylation sites is 2. The molecule has 0 aliphatic rings. The molecule has 2 N–H and O–H groups in total. The van der Waals surface area contributed by atoms with Gasteiger partial charge >= 0.3 is 0 Å². The number of amides is 1. The lowest BCUT2D eigenvalue weighted by Crippen LogP contribution is -2.32. The van der Waals surface area contributed by atoms with Crippen molar-refractivity contribution in [3.8, 4) is 5.75 Å². The van der Waals surface area contributed by atoms with Crippen molar-refractivity contribution in [2.24, 2.45) is 0 Å². The highest BCUT2D eigenvalue weighted by Gasteiger charge is 2.19. The molecule has 0 unspecified atom stereocenters. The van der Waals surface area contributed by atoms with E-state index in [0.29, 0.717) is 12.8 Å². The van der Waals surface area contributed by atoms with E-state index in [9.17, 15) is 4.79 Å². The van der Waals surface area contributed by atoms with E-state index in [2.05, 4.69) is 22.4 Å². The summed E-state index contributed by atoms with van der Waals surface area (Å²) in [7, 11) is 1.63. The fraction of sp³-hybridized carbons (Fsp3) is 0.167. The summed E-state index contributed by atoms with van der Waals surface area (Å²) in [5.41, 5.74) is 3.93. The van der Waals surface area contributed by atoms with Crippen molar-refractivity contribution in [1.82, 2.24) is 15.3 Å². The van der Waals surface area contributed by atoms with Gasteiger partial charge in [-0.2, -0.15) is 0 Å². The predicted molar refractivity (Wildman–Crippen MR) is 114 cm³/mol. The molecule has 1 atom stereocenters. The number of fused-ring (bicyclic) bond motifs is 1. The monoisotopic (exact) mass is 385 g/mol. The Morgan fingerprint density at radius 3 is 2.41 bits per heavy atom. The van der Waals surface area contributed by atoms with Gasteiger partial charge in [-0.15, -0.1) is 0 Å². The molecule has 4 aromatic rings. The fourth-order valence-electron chi connectivity index (χ4n) is 3.38. The number of aromatic nitrogens is 2. The van der Waals surface area contributed by atoms with Crippen LogP contribution in [0.5, 0.6) is 5.75 Å². The minimum absolute atomic E-state index is 0.0449. The van der Waals surface area contributed by atoms with Crippen LogP contribution in [0.4, 0.5) is 0 Å². The standard InChI is InChI=1S/C24H23N3O2/c1-29-19-13-11-18(12-14-19)16-23(28)25-22(15-17-7-3-2-4-8-17)24-26-20-9-5-6-10-21(20)27-24/h2-14,22H,15-16H2,1H3,(H,25,28)(H,26,27)/t22-/m1/s1. The van der Waals surface area contributed by atoms with E-state index in [-0.39, 0.29) is 11.9 Å². The molecule has 1 heterocycles. The third-order valence-electron chi connectivity index (χ3n) is 4.88. The normalized spacial score (nSPS) is 11.9. The molecular formula is C24H23N3O2. The highest BCUT2D eigenvalue weighted by molar-refractivity contribution is 5.79. The van der Waals surface area contributed by atoms with E-state index in [1.54, 1.807) is 7.11 Å². The molecule has 4 rings (SSSR count). The van der Waals surface area contributed by atoms with Crippen LogP contribution in [0, 0.1) is 0 Å². The lowest BCUT2D eigenvalue weighted by Gasteiger charge is -2.17. The number of ether oxygens (including phenoxy) is 1. The lowest BCUT2D eigenvalue weighted by molar-refractivity contribution is -0.121. The molecule has 29 heavy (non-hydrogen) atoms. The van der Waals surface area contributed by atoms with Crippen LogP contribution in [0.2, 0.25) is 0 Å². The maximum absolute atomic E-state index is 12.8. The number of carbonyl (C=O) groups excluding carboxylic acids is 1. The lowest BCUT2D eigenvalue weighted by atomic mass is 10.0. The average molecular weight is 385 g/mol. The van der Waals surface area contributed by atoms with Crippen LogP contribution >= 0.6 is 0 Å². The van der Waals surface area contributed by atoms with Crippen molar-refractivity contribution in [2.75, 3.05) is 7.11 Å². The summed E-state index contributed by atoms with van der Waals surface area (Å²) in [6.07, 6.45) is 0.963. The van der Waals surface area contributed by atoms with E-state index in [1.165, 1.54) is 0 Å². The minimum atomic E-state index is -0.240. The Morgan fingerprint density at radius 1 is 0.966 bits per heavy atom. The van der Waals surface area contributed by atoms with E-state index in [0.717, 1.165) is 33.7 Å². The van der Waals surface area contributed by atoms with Crippen LogP contribution in [-0.4, -0.2) is 23.0 Å². The van der Waals surface area contributed by atoms with Gasteiger partial charge in [0.2, 0.25) is 5.91 Å². The van der Waals surface area contributed by atoms with Gasteiger partial charge in [0.1, 0.15) is 11.6 Å². The van der Waals surface area contributed by atoms with E-state index < -0.39 is 0 Å². The minimum Gasteiger partial charge on any atom is -0.497 e. The molecule has 0 saturated heterocycles. The predicted octanol–water partition coefficient (Wildman–Crippen LogP) is 4.21. The average Bonchev–Trinajstić information content (AvgIpc) is 3.19. The van der Waals surface area contributed by atoms with Crippen LogP contribution in [0.1, 0.15) is 23.0 Å². The fourth-order valence-corrected chi connectivity index (χ4v) is 3.38. The summed E-state index contributed by atoms with van der Waals surface area (Å²) in [5, 5.41) is 3.16. The number of aromatic amines is 1. The number of hydrogen-bond donors (Lipinski definition) is 2. The molecule has 0 aliphatic heterocycles. The number of H-pyrrole nitrogens is 1. The second kappa shape index (κ2) is 8.61. The third-order valence-corrected chi connectivity index (χ3v) is 4.88. The van der Waals surface area contributed by atoms with Crippen molar-refractivity contribution in [3.05, 3.63) is 95.8 Å². The van der Waals surface area contributed by atoms with Crippen molar-refractivity contribution < 1.29 is 9.53 Å². The first-order chi connectivity index (χ1) is 14.2. The molecular weight excluding hydrogens is 362 g/mol. The van der Waals surface area contributed by atoms with Crippen LogP contribution in [-0.2, 0) is 17.6 Å². The van der Waals surface area contributed by atoms with Crippen molar-refractivity contribution in [2.45, 2.75) is 18.9 Å². The second-order valence-electron chi connectivity index (χ2n) is 6.97. The zero-order valence-electron chi connectivity index (χ0n) is 16.3. The number of carbonyl (C=O) groups is 1. The Morgan fingerprint density at radius 2 is 1.69 bits per heavy atom. The Labute approximate surface area is 169 Å². The number of hydrogen-bond acceptors (Lipinski definition) is 3. The summed E-state index contributed by atoms with van der Waals surface area (Å²) < 4.78 is 5.18. The second-order valence-corrected chi connectivity index (χ2v) is 6.97. The topological polar surface area (TPSA) is 67.0 Å². The highest BCUT2D eigenvalue weighted by atomic mass is 16.5. The quantitative estimate of drug-likeness (QED) is 0.501. The summed E-state index contributed by atoms with van der Waals surface area (Å²) in [4.78, 5) is 20.8. The van der Waals surface area contributed by atoms with Gasteiger partial charge in [0.25, 0.3) is 0 Å². The number of imidazole rings is 1. The van der Waals surface area contributed by atoms with Gasteiger partial charge in [-0.25, -0.2) is 4.98 Å². The van der Waals surface area contributed by atoms with Gasteiger partial charge < -0.3 is 15.0 Å². The van der Waals surface area contributed by atoms with Gasteiger partial charge in [0, 0.05) is 0 Å². The van der Waals surface area contributed by atoms with Crippen LogP contribution in [0.3, 0.4) is 0 Å². The first-order valence-corrected chi connectivity index (χ1v) is 9.62. The number of methoxy groups -OCH3 is 1. The smallest absolute Gasteiger partial charge is 0.225 e. The summed E-state index contributed by atoms with van der Waals surface area (Å²) in [6.45, 7) is 0. The molecule has 0 spiro atoms. The number of nitrogens with zero attached hydrogens (tertiary/aromatic N) is 1. The SMILES string of the molecule is COc1ccc(CC(=O)N[C@H](Cc2ccccc2)c2nc3ccccc3[nH]2)cc1. The molecule has 5 heteroatoms. The van der Waals surface area contributed by atoms with Crippen LogP contribution in [0.15, 0.2) is 78.9 Å². The van der Waals surface area contributed by atoms with Gasteiger partial charge in [0.15, 0.2) is 0 Å². The van der Waals surface area contributed by atoms with Crippen molar-refractivity contribution >= 4 is 16.9 Å². The molecule has 1 aromatic heterocycles. The molecule has 5 nitrogen and oxygen atoms in total. The maximum atomic E-state index is 12.8. The van der Waals surface area contributed by atoms with Crippen molar-refractivity contribution in [3.63, 3.8) is 0 Å². The molecule has 146 valence electrons. The number of rotatable bonds is 7. The summed E-state index contributed by atoms with van der Waals surface area (Å²) in [5.74, 6) is 1.49. The Balaban J connectivity index is 1.54. The zero-order chi connectivity index (χ0) is 20.1. The Hall–Kier alpha value is -3.60. The van der Waals surface area contributed by atoms with E-state index in [4.69, 9.17) is 9.72 Å². The molecule has 0 fully saturated rings. The van der Waals surface area contributed by atoms with Gasteiger partial charge in [0.05, 0.1) is 30.6 Å². The zero-order valence-corrected chi connectivity index (χ0v) is 16.3. The maximum Gasteiger partial charge on any atom is 0.225 e.